The van der Waals surface area contributed by atoms with Crippen molar-refractivity contribution in [3.05, 3.63) is 40.5 Å². The zero-order valence-corrected chi connectivity index (χ0v) is 19.7. The summed E-state index contributed by atoms with van der Waals surface area (Å²) < 4.78 is 10.6. The number of thioether (sulfide) groups is 1. The quantitative estimate of drug-likeness (QED) is 0.399. The Bertz CT molecular complexity index is 1080. The second kappa shape index (κ2) is 9.87. The predicted octanol–water partition coefficient (Wildman–Crippen LogP) is 4.43. The van der Waals surface area contributed by atoms with Crippen LogP contribution in [-0.2, 0) is 24.1 Å². The van der Waals surface area contributed by atoms with Gasteiger partial charge in [0, 0.05) is 16.8 Å². The summed E-state index contributed by atoms with van der Waals surface area (Å²) in [6.45, 7) is 2.50. The van der Waals surface area contributed by atoms with E-state index in [1.54, 1.807) is 31.9 Å². The highest BCUT2D eigenvalue weighted by molar-refractivity contribution is 8.00. The van der Waals surface area contributed by atoms with Crippen molar-refractivity contribution in [2.24, 2.45) is 0 Å². The molecular weight excluding hydrogens is 430 g/mol. The van der Waals surface area contributed by atoms with Crippen molar-refractivity contribution >= 4 is 39.2 Å². The average molecular weight is 458 g/mol. The highest BCUT2D eigenvalue weighted by Crippen LogP contribution is 2.40. The van der Waals surface area contributed by atoms with Crippen LogP contribution in [0, 0.1) is 0 Å². The molecule has 1 unspecified atom stereocenters. The molecule has 164 valence electrons. The lowest BCUT2D eigenvalue weighted by Gasteiger charge is -2.14. The zero-order valence-electron chi connectivity index (χ0n) is 18.1. The van der Waals surface area contributed by atoms with Crippen LogP contribution in [-0.4, -0.2) is 41.9 Å². The molecule has 3 aromatic rings. The van der Waals surface area contributed by atoms with Crippen LogP contribution in [0.3, 0.4) is 0 Å². The molecule has 2 aromatic heterocycles. The van der Waals surface area contributed by atoms with E-state index in [0.717, 1.165) is 40.1 Å². The summed E-state index contributed by atoms with van der Waals surface area (Å²) in [7, 11) is 3.24. The van der Waals surface area contributed by atoms with Crippen molar-refractivity contribution in [2.75, 3.05) is 20.8 Å². The maximum Gasteiger partial charge on any atom is 0.233 e. The molecule has 0 radical (unpaired) electrons. The van der Waals surface area contributed by atoms with Crippen molar-refractivity contribution in [1.82, 2.24) is 15.3 Å². The molecule has 0 bridgehead atoms. The topological polar surface area (TPSA) is 73.3 Å². The second-order valence-electron chi connectivity index (χ2n) is 7.56. The first-order chi connectivity index (χ1) is 15.1. The summed E-state index contributed by atoms with van der Waals surface area (Å²) >= 11 is 3.31. The Labute approximate surface area is 190 Å². The Morgan fingerprint density at radius 2 is 2.00 bits per heavy atom. The van der Waals surface area contributed by atoms with Crippen LogP contribution in [0.15, 0.2) is 29.6 Å². The molecule has 1 atom stereocenters. The van der Waals surface area contributed by atoms with E-state index in [1.807, 2.05) is 25.1 Å². The molecule has 0 aliphatic heterocycles. The number of rotatable bonds is 8. The van der Waals surface area contributed by atoms with Gasteiger partial charge in [0.1, 0.15) is 16.2 Å². The van der Waals surface area contributed by atoms with E-state index >= 15 is 0 Å². The lowest BCUT2D eigenvalue weighted by atomic mass is 9.97. The van der Waals surface area contributed by atoms with Gasteiger partial charge >= 0.3 is 0 Å². The number of thiophene rings is 1. The van der Waals surface area contributed by atoms with Crippen molar-refractivity contribution < 1.29 is 14.3 Å². The second-order valence-corrected chi connectivity index (χ2v) is 9.97. The van der Waals surface area contributed by atoms with Gasteiger partial charge in [-0.3, -0.25) is 4.79 Å². The molecule has 0 fully saturated rings. The summed E-state index contributed by atoms with van der Waals surface area (Å²) in [6.07, 6.45) is 7.01. The Balaban J connectivity index is 1.38. The van der Waals surface area contributed by atoms with Gasteiger partial charge in [0.15, 0.2) is 11.5 Å². The maximum absolute atomic E-state index is 12.7. The van der Waals surface area contributed by atoms with Crippen LogP contribution in [0.4, 0.5) is 0 Å². The standard InChI is InChI=1S/C23H27N3O3S2/c1-14(21(27)24-11-10-15-8-9-17(28-2)18(12-15)29-3)30-22-20-16-6-4-5-7-19(16)31-23(20)26-13-25-22/h8-9,12-14H,4-7,10-11H2,1-3H3,(H,24,27). The van der Waals surface area contributed by atoms with Crippen LogP contribution in [0.5, 0.6) is 11.5 Å². The van der Waals surface area contributed by atoms with Crippen LogP contribution >= 0.6 is 23.1 Å². The van der Waals surface area contributed by atoms with Gasteiger partial charge in [-0.15, -0.1) is 11.3 Å². The van der Waals surface area contributed by atoms with E-state index in [9.17, 15) is 4.79 Å². The lowest BCUT2D eigenvalue weighted by molar-refractivity contribution is -0.120. The van der Waals surface area contributed by atoms with E-state index in [2.05, 4.69) is 15.3 Å². The number of hydrogen-bond donors (Lipinski definition) is 1. The molecule has 1 aliphatic carbocycles. The first-order valence-electron chi connectivity index (χ1n) is 10.5. The van der Waals surface area contributed by atoms with Crippen LogP contribution < -0.4 is 14.8 Å². The number of nitrogens with zero attached hydrogens (tertiary/aromatic N) is 2. The van der Waals surface area contributed by atoms with Gasteiger partial charge in [0.2, 0.25) is 5.91 Å². The largest absolute Gasteiger partial charge is 0.493 e. The molecule has 0 saturated heterocycles. The number of methoxy groups -OCH3 is 2. The fraction of sp³-hybridized carbons (Fsp3) is 0.435. The number of nitrogens with one attached hydrogen (secondary N) is 1. The molecule has 1 N–H and O–H groups in total. The van der Waals surface area contributed by atoms with Crippen molar-refractivity contribution in [2.45, 2.75) is 49.3 Å². The lowest BCUT2D eigenvalue weighted by Crippen LogP contribution is -2.32. The van der Waals surface area contributed by atoms with Crippen molar-refractivity contribution in [1.29, 1.82) is 0 Å². The molecule has 4 rings (SSSR count). The van der Waals surface area contributed by atoms with Gasteiger partial charge < -0.3 is 14.8 Å². The Morgan fingerprint density at radius 1 is 1.19 bits per heavy atom. The number of amides is 1. The summed E-state index contributed by atoms with van der Waals surface area (Å²) in [4.78, 5) is 24.2. The summed E-state index contributed by atoms with van der Waals surface area (Å²) in [6, 6.07) is 5.82. The Morgan fingerprint density at radius 3 is 2.81 bits per heavy atom. The number of aromatic nitrogens is 2. The van der Waals surface area contributed by atoms with Crippen LogP contribution in [0.25, 0.3) is 10.2 Å². The van der Waals surface area contributed by atoms with Crippen molar-refractivity contribution in [3.63, 3.8) is 0 Å². The number of fused-ring (bicyclic) bond motifs is 3. The highest BCUT2D eigenvalue weighted by Gasteiger charge is 2.23. The summed E-state index contributed by atoms with van der Waals surface area (Å²) in [5.41, 5.74) is 2.48. The van der Waals surface area contributed by atoms with E-state index in [0.29, 0.717) is 18.0 Å². The number of ether oxygens (including phenoxy) is 2. The van der Waals surface area contributed by atoms with Gasteiger partial charge in [0.25, 0.3) is 0 Å². The molecule has 1 aliphatic rings. The maximum atomic E-state index is 12.7. The minimum atomic E-state index is -0.234. The summed E-state index contributed by atoms with van der Waals surface area (Å²) in [5.74, 6) is 1.41. The molecule has 1 aromatic carbocycles. The van der Waals surface area contributed by atoms with Gasteiger partial charge in [-0.05, 0) is 62.3 Å². The Kier molecular flexibility index (Phi) is 6.97. The van der Waals surface area contributed by atoms with E-state index in [-0.39, 0.29) is 11.2 Å². The third-order valence-electron chi connectivity index (χ3n) is 5.54. The first kappa shape index (κ1) is 21.9. The Hall–Kier alpha value is -2.32. The molecule has 8 heteroatoms. The van der Waals surface area contributed by atoms with E-state index in [4.69, 9.17) is 9.47 Å². The van der Waals surface area contributed by atoms with Gasteiger partial charge in [-0.1, -0.05) is 17.8 Å². The number of benzene rings is 1. The monoisotopic (exact) mass is 457 g/mol. The molecule has 0 spiro atoms. The predicted molar refractivity (Wildman–Crippen MR) is 126 cm³/mol. The molecule has 0 saturated carbocycles. The van der Waals surface area contributed by atoms with Gasteiger partial charge in [0.05, 0.1) is 19.5 Å². The zero-order chi connectivity index (χ0) is 21.8. The smallest absolute Gasteiger partial charge is 0.233 e. The van der Waals surface area contributed by atoms with E-state index in [1.165, 1.54) is 35.0 Å². The first-order valence-corrected chi connectivity index (χ1v) is 12.2. The number of aryl methyl sites for hydroxylation is 2. The summed E-state index contributed by atoms with van der Waals surface area (Å²) in [5, 5.41) is 4.90. The molecule has 31 heavy (non-hydrogen) atoms. The minimum Gasteiger partial charge on any atom is -0.493 e. The fourth-order valence-electron chi connectivity index (χ4n) is 3.88. The van der Waals surface area contributed by atoms with Crippen LogP contribution in [0.1, 0.15) is 35.8 Å². The third-order valence-corrected chi connectivity index (χ3v) is 7.84. The van der Waals surface area contributed by atoms with Crippen LogP contribution in [0.2, 0.25) is 0 Å². The fourth-order valence-corrected chi connectivity index (χ4v) is 6.15. The minimum absolute atomic E-state index is 0.0151. The molecule has 6 nitrogen and oxygen atoms in total. The highest BCUT2D eigenvalue weighted by atomic mass is 32.2. The third kappa shape index (κ3) is 4.80. The average Bonchev–Trinajstić information content (AvgIpc) is 3.18. The van der Waals surface area contributed by atoms with Gasteiger partial charge in [-0.25, -0.2) is 9.97 Å². The van der Waals surface area contributed by atoms with E-state index < -0.39 is 0 Å². The number of hydrogen-bond acceptors (Lipinski definition) is 7. The van der Waals surface area contributed by atoms with Crippen molar-refractivity contribution in [3.8, 4) is 11.5 Å². The number of carbonyl (C=O) groups is 1. The molecule has 2 heterocycles. The SMILES string of the molecule is COc1ccc(CCNC(=O)C(C)Sc2ncnc3sc4c(c23)CCCC4)cc1OC. The number of carbonyl (C=O) groups excluding carboxylic acids is 1. The normalized spacial score (nSPS) is 14.2. The molecule has 1 amide bonds. The molecular formula is C23H27N3O3S2. The van der Waals surface area contributed by atoms with Gasteiger partial charge in [-0.2, -0.15) is 0 Å².